The van der Waals surface area contributed by atoms with Crippen LogP contribution in [-0.2, 0) is 28.6 Å². The van der Waals surface area contributed by atoms with E-state index in [1.165, 1.54) is 199 Å². The number of carbonyl (C=O) groups is 3. The van der Waals surface area contributed by atoms with E-state index in [0.717, 1.165) is 103 Å². The van der Waals surface area contributed by atoms with Gasteiger partial charge in [0, 0.05) is 19.3 Å². The van der Waals surface area contributed by atoms with E-state index < -0.39 is 6.10 Å². The minimum atomic E-state index is -0.787. The van der Waals surface area contributed by atoms with Gasteiger partial charge in [-0.25, -0.2) is 0 Å². The third-order valence-electron chi connectivity index (χ3n) is 14.9. The van der Waals surface area contributed by atoms with Gasteiger partial charge in [0.15, 0.2) is 6.10 Å². The van der Waals surface area contributed by atoms with E-state index in [9.17, 15) is 14.4 Å². The van der Waals surface area contributed by atoms with E-state index in [2.05, 4.69) is 106 Å². The van der Waals surface area contributed by atoms with Gasteiger partial charge >= 0.3 is 17.9 Å². The van der Waals surface area contributed by atoms with E-state index in [1.807, 2.05) is 0 Å². The van der Waals surface area contributed by atoms with Crippen LogP contribution in [-0.4, -0.2) is 37.2 Å². The maximum absolute atomic E-state index is 12.9. The highest BCUT2D eigenvalue weighted by atomic mass is 16.6. The standard InChI is InChI=1S/C73H128O6/c1-4-7-10-13-16-19-22-25-27-29-31-33-35-36-38-39-41-43-45-48-51-54-57-60-63-66-72(75)78-69-70(68-77-71(74)65-62-59-56-53-50-47-24-21-18-15-12-9-6-3)79-73(76)67-64-61-58-55-52-49-46-44-42-40-37-34-32-30-28-26-23-20-17-14-11-8-5-2/h8,11,17,20-21,24,26,28-29,31-32,34,40,42,70H,4-7,9-10,12-16,18-19,22-23,25,27,30,33,35-39,41,43-69H2,1-3H3/b11-8-,20-17-,24-21-,28-26-,31-29-,34-32-,42-40-. The van der Waals surface area contributed by atoms with Crippen LogP contribution in [0.15, 0.2) is 85.1 Å². The molecule has 0 aromatic heterocycles. The van der Waals surface area contributed by atoms with Crippen molar-refractivity contribution in [3.05, 3.63) is 85.1 Å². The summed E-state index contributed by atoms with van der Waals surface area (Å²) in [6, 6.07) is 0. The van der Waals surface area contributed by atoms with Crippen LogP contribution in [0.2, 0.25) is 0 Å². The molecular weight excluding hydrogens is 973 g/mol. The smallest absolute Gasteiger partial charge is 0.306 e. The lowest BCUT2D eigenvalue weighted by atomic mass is 10.0. The molecule has 0 aromatic carbocycles. The molecule has 0 aliphatic heterocycles. The molecule has 0 bridgehead atoms. The number of hydrogen-bond acceptors (Lipinski definition) is 6. The third kappa shape index (κ3) is 65.3. The molecule has 0 spiro atoms. The molecule has 0 aliphatic carbocycles. The van der Waals surface area contributed by atoms with Gasteiger partial charge in [0.2, 0.25) is 0 Å². The summed E-state index contributed by atoms with van der Waals surface area (Å²) >= 11 is 0. The first-order valence-corrected chi connectivity index (χ1v) is 34.1. The molecule has 0 aliphatic rings. The first kappa shape index (κ1) is 75.6. The summed E-state index contributed by atoms with van der Waals surface area (Å²) in [6.07, 6.45) is 88.9. The van der Waals surface area contributed by atoms with Crippen molar-refractivity contribution in [2.45, 2.75) is 348 Å². The molecule has 0 saturated heterocycles. The SMILES string of the molecule is CC/C=C\C/C=C\C/C=C\C/C=C\C/C=C\CCCCCCCCCC(=O)OC(COC(=O)CCCCCCC/C=C\CCCCCC)COC(=O)CCCCCCCCCCCCCCC/C=C\CCCCCCCCCC. The van der Waals surface area contributed by atoms with Crippen molar-refractivity contribution in [3.63, 3.8) is 0 Å². The Morgan fingerprint density at radius 1 is 0.266 bits per heavy atom. The van der Waals surface area contributed by atoms with Crippen LogP contribution in [0.25, 0.3) is 0 Å². The molecule has 6 nitrogen and oxygen atoms in total. The van der Waals surface area contributed by atoms with Gasteiger partial charge < -0.3 is 14.2 Å². The summed E-state index contributed by atoms with van der Waals surface area (Å²) in [5.74, 6) is -0.887. The van der Waals surface area contributed by atoms with Gasteiger partial charge in [-0.05, 0) is 116 Å². The summed E-state index contributed by atoms with van der Waals surface area (Å²) in [4.78, 5) is 38.4. The zero-order valence-electron chi connectivity index (χ0n) is 52.4. The zero-order valence-corrected chi connectivity index (χ0v) is 52.4. The van der Waals surface area contributed by atoms with E-state index in [-0.39, 0.29) is 31.1 Å². The van der Waals surface area contributed by atoms with Crippen molar-refractivity contribution >= 4 is 17.9 Å². The van der Waals surface area contributed by atoms with Crippen molar-refractivity contribution in [1.29, 1.82) is 0 Å². The maximum Gasteiger partial charge on any atom is 0.306 e. The van der Waals surface area contributed by atoms with E-state index in [1.54, 1.807) is 0 Å². The lowest BCUT2D eigenvalue weighted by Gasteiger charge is -2.18. The predicted molar refractivity (Wildman–Crippen MR) is 344 cm³/mol. The summed E-state index contributed by atoms with van der Waals surface area (Å²) in [7, 11) is 0. The van der Waals surface area contributed by atoms with Gasteiger partial charge in [-0.3, -0.25) is 14.4 Å². The van der Waals surface area contributed by atoms with Crippen molar-refractivity contribution in [3.8, 4) is 0 Å². The number of rotatable bonds is 62. The minimum absolute atomic E-state index is 0.0819. The average Bonchev–Trinajstić information content (AvgIpc) is 3.45. The van der Waals surface area contributed by atoms with Crippen LogP contribution in [0.4, 0.5) is 0 Å². The monoisotopic (exact) mass is 1100 g/mol. The number of allylic oxidation sites excluding steroid dienone is 14. The number of hydrogen-bond donors (Lipinski definition) is 0. The topological polar surface area (TPSA) is 78.9 Å². The normalized spacial score (nSPS) is 12.6. The van der Waals surface area contributed by atoms with Gasteiger partial charge in [0.05, 0.1) is 0 Å². The lowest BCUT2D eigenvalue weighted by Crippen LogP contribution is -2.30. The number of esters is 3. The first-order chi connectivity index (χ1) is 39.0. The predicted octanol–water partition coefficient (Wildman–Crippen LogP) is 23.4. The van der Waals surface area contributed by atoms with E-state index in [0.29, 0.717) is 19.3 Å². The molecule has 0 amide bonds. The largest absolute Gasteiger partial charge is 0.462 e. The van der Waals surface area contributed by atoms with Crippen molar-refractivity contribution in [2.24, 2.45) is 0 Å². The summed E-state index contributed by atoms with van der Waals surface area (Å²) in [5, 5.41) is 0. The fourth-order valence-electron chi connectivity index (χ4n) is 9.76. The van der Waals surface area contributed by atoms with Crippen LogP contribution in [0.5, 0.6) is 0 Å². The maximum atomic E-state index is 12.9. The highest BCUT2D eigenvalue weighted by molar-refractivity contribution is 5.71. The van der Waals surface area contributed by atoms with Gasteiger partial charge in [0.1, 0.15) is 13.2 Å². The zero-order chi connectivity index (χ0) is 57.1. The Morgan fingerprint density at radius 2 is 0.494 bits per heavy atom. The van der Waals surface area contributed by atoms with Crippen molar-refractivity contribution in [1.82, 2.24) is 0 Å². The van der Waals surface area contributed by atoms with Crippen molar-refractivity contribution < 1.29 is 28.6 Å². The average molecular weight is 1100 g/mol. The second-order valence-electron chi connectivity index (χ2n) is 22.7. The highest BCUT2D eigenvalue weighted by Gasteiger charge is 2.19. The molecule has 6 heteroatoms. The molecule has 0 radical (unpaired) electrons. The molecule has 1 atom stereocenters. The molecule has 79 heavy (non-hydrogen) atoms. The summed E-state index contributed by atoms with van der Waals surface area (Å²) in [6.45, 7) is 6.53. The van der Waals surface area contributed by atoms with Crippen molar-refractivity contribution in [2.75, 3.05) is 13.2 Å². The first-order valence-electron chi connectivity index (χ1n) is 34.1. The lowest BCUT2D eigenvalue weighted by molar-refractivity contribution is -0.167. The highest BCUT2D eigenvalue weighted by Crippen LogP contribution is 2.17. The van der Waals surface area contributed by atoms with E-state index in [4.69, 9.17) is 14.2 Å². The Kier molecular flexibility index (Phi) is 64.2. The molecule has 0 N–H and O–H groups in total. The Morgan fingerprint density at radius 3 is 0.797 bits per heavy atom. The molecule has 1 unspecified atom stereocenters. The van der Waals surface area contributed by atoms with Crippen LogP contribution >= 0.6 is 0 Å². The Hall–Kier alpha value is -3.41. The summed E-state index contributed by atoms with van der Waals surface area (Å²) in [5.41, 5.74) is 0. The Bertz CT molecular complexity index is 1500. The van der Waals surface area contributed by atoms with E-state index >= 15 is 0 Å². The second kappa shape index (κ2) is 67.1. The molecular formula is C73H128O6. The molecule has 0 saturated carbocycles. The van der Waals surface area contributed by atoms with Crippen LogP contribution < -0.4 is 0 Å². The van der Waals surface area contributed by atoms with Gasteiger partial charge in [0.25, 0.3) is 0 Å². The number of carbonyl (C=O) groups excluding carboxylic acids is 3. The quantitative estimate of drug-likeness (QED) is 0.0261. The Balaban J connectivity index is 4.31. The molecule has 0 fully saturated rings. The second-order valence-corrected chi connectivity index (χ2v) is 22.7. The van der Waals surface area contributed by atoms with Crippen LogP contribution in [0, 0.1) is 0 Å². The molecule has 456 valence electrons. The number of unbranched alkanes of at least 4 members (excludes halogenated alkanes) is 37. The number of ether oxygens (including phenoxy) is 3. The van der Waals surface area contributed by atoms with Crippen LogP contribution in [0.1, 0.15) is 342 Å². The van der Waals surface area contributed by atoms with Gasteiger partial charge in [-0.1, -0.05) is 292 Å². The third-order valence-corrected chi connectivity index (χ3v) is 14.9. The Labute approximate surface area is 490 Å². The summed E-state index contributed by atoms with van der Waals surface area (Å²) < 4.78 is 17.0. The van der Waals surface area contributed by atoms with Gasteiger partial charge in [-0.2, -0.15) is 0 Å². The molecule has 0 aromatic rings. The molecule has 0 rings (SSSR count). The van der Waals surface area contributed by atoms with Gasteiger partial charge in [-0.15, -0.1) is 0 Å². The molecule has 0 heterocycles. The van der Waals surface area contributed by atoms with Crippen LogP contribution in [0.3, 0.4) is 0 Å². The fraction of sp³-hybridized carbons (Fsp3) is 0.767. The fourth-order valence-corrected chi connectivity index (χ4v) is 9.76. The minimum Gasteiger partial charge on any atom is -0.462 e.